The number of carboxylic acids is 1. The maximum Gasteiger partial charge on any atom is 0.320 e. The van der Waals surface area contributed by atoms with E-state index in [2.05, 4.69) is 0 Å². The fourth-order valence-electron chi connectivity index (χ4n) is 2.38. The van der Waals surface area contributed by atoms with Crippen molar-refractivity contribution in [2.75, 3.05) is 6.54 Å². The summed E-state index contributed by atoms with van der Waals surface area (Å²) < 4.78 is 5.34. The van der Waals surface area contributed by atoms with E-state index in [1.165, 1.54) is 0 Å². The van der Waals surface area contributed by atoms with Crippen molar-refractivity contribution in [2.24, 2.45) is 0 Å². The second-order valence-electron chi connectivity index (χ2n) is 4.28. The Labute approximate surface area is 94.9 Å². The molecule has 88 valence electrons. The Balaban J connectivity index is 2.14. The lowest BCUT2D eigenvalue weighted by Gasteiger charge is -2.36. The van der Waals surface area contributed by atoms with E-state index in [9.17, 15) is 9.90 Å². The van der Waals surface area contributed by atoms with E-state index in [0.29, 0.717) is 0 Å². The summed E-state index contributed by atoms with van der Waals surface area (Å²) in [5.41, 5.74) is 0. The molecule has 0 saturated carbocycles. The molecular formula is C12H17NO3. The predicted molar refractivity (Wildman–Crippen MR) is 59.1 cm³/mol. The Morgan fingerprint density at radius 1 is 1.62 bits per heavy atom. The average molecular weight is 223 g/mol. The first-order valence-corrected chi connectivity index (χ1v) is 5.72. The number of nitrogens with zero attached hydrogens (tertiary/aromatic N) is 1. The van der Waals surface area contributed by atoms with Gasteiger partial charge in [0.15, 0.2) is 0 Å². The van der Waals surface area contributed by atoms with Crippen molar-refractivity contribution >= 4 is 5.97 Å². The second-order valence-corrected chi connectivity index (χ2v) is 4.28. The van der Waals surface area contributed by atoms with Gasteiger partial charge in [0.2, 0.25) is 0 Å². The molecule has 1 saturated heterocycles. The van der Waals surface area contributed by atoms with Crippen LogP contribution in [0.4, 0.5) is 0 Å². The molecule has 4 nitrogen and oxygen atoms in total. The lowest BCUT2D eigenvalue weighted by Crippen LogP contribution is -2.45. The lowest BCUT2D eigenvalue weighted by molar-refractivity contribution is -0.145. The summed E-state index contributed by atoms with van der Waals surface area (Å²) in [5.74, 6) is 0.117. The largest absolute Gasteiger partial charge is 0.480 e. The zero-order chi connectivity index (χ0) is 11.5. The van der Waals surface area contributed by atoms with Gasteiger partial charge >= 0.3 is 5.97 Å². The van der Waals surface area contributed by atoms with Gasteiger partial charge in [-0.25, -0.2) is 0 Å². The van der Waals surface area contributed by atoms with Crippen LogP contribution in [-0.2, 0) is 4.79 Å². The predicted octanol–water partition coefficient (Wildman–Crippen LogP) is 2.28. The molecule has 1 aliphatic rings. The van der Waals surface area contributed by atoms with E-state index in [1.54, 1.807) is 6.26 Å². The number of rotatable bonds is 3. The van der Waals surface area contributed by atoms with Crippen molar-refractivity contribution in [1.29, 1.82) is 0 Å². The van der Waals surface area contributed by atoms with Gasteiger partial charge in [-0.05, 0) is 38.4 Å². The Hall–Kier alpha value is -1.29. The first-order chi connectivity index (χ1) is 7.70. The normalized spacial score (nSPS) is 24.2. The van der Waals surface area contributed by atoms with E-state index in [1.807, 2.05) is 24.0 Å². The van der Waals surface area contributed by atoms with Gasteiger partial charge in [0.1, 0.15) is 11.8 Å². The number of likely N-dealkylation sites (tertiary alicyclic amines) is 1. The summed E-state index contributed by atoms with van der Waals surface area (Å²) in [7, 11) is 0. The van der Waals surface area contributed by atoms with Gasteiger partial charge in [-0.2, -0.15) is 0 Å². The van der Waals surface area contributed by atoms with Crippen LogP contribution < -0.4 is 0 Å². The highest BCUT2D eigenvalue weighted by Crippen LogP contribution is 2.28. The van der Waals surface area contributed by atoms with Crippen LogP contribution >= 0.6 is 0 Å². The quantitative estimate of drug-likeness (QED) is 0.854. The lowest BCUT2D eigenvalue weighted by atomic mass is 9.99. The summed E-state index contributed by atoms with van der Waals surface area (Å²) in [4.78, 5) is 13.2. The summed E-state index contributed by atoms with van der Waals surface area (Å²) in [6.45, 7) is 2.83. The molecule has 0 spiro atoms. The standard InChI is InChI=1S/C12H17NO3/c1-9(11-6-4-8-16-11)13-7-3-2-5-10(13)12(14)15/h4,6,8-10H,2-3,5,7H2,1H3,(H,14,15)/t9-,10-/m1/s1. The van der Waals surface area contributed by atoms with Gasteiger partial charge in [-0.15, -0.1) is 0 Å². The Bertz CT molecular complexity index is 347. The molecule has 1 fully saturated rings. The number of furan rings is 1. The Morgan fingerprint density at radius 2 is 2.44 bits per heavy atom. The maximum absolute atomic E-state index is 11.2. The van der Waals surface area contributed by atoms with Gasteiger partial charge in [0.25, 0.3) is 0 Å². The van der Waals surface area contributed by atoms with Crippen LogP contribution in [0.3, 0.4) is 0 Å². The van der Waals surface area contributed by atoms with Crippen molar-refractivity contribution in [3.8, 4) is 0 Å². The van der Waals surface area contributed by atoms with Crippen LogP contribution in [-0.4, -0.2) is 28.6 Å². The summed E-state index contributed by atoms with van der Waals surface area (Å²) in [5, 5.41) is 9.18. The number of aliphatic carboxylic acids is 1. The highest BCUT2D eigenvalue weighted by Gasteiger charge is 2.32. The number of carbonyl (C=O) groups is 1. The minimum Gasteiger partial charge on any atom is -0.480 e. The van der Waals surface area contributed by atoms with E-state index < -0.39 is 5.97 Å². The van der Waals surface area contributed by atoms with Crippen molar-refractivity contribution < 1.29 is 14.3 Å². The van der Waals surface area contributed by atoms with Gasteiger partial charge in [0, 0.05) is 0 Å². The molecule has 2 heterocycles. The van der Waals surface area contributed by atoms with Gasteiger partial charge in [-0.3, -0.25) is 9.69 Å². The van der Waals surface area contributed by atoms with Gasteiger partial charge in [-0.1, -0.05) is 6.42 Å². The SMILES string of the molecule is C[C@H](c1ccco1)N1CCCC[C@@H]1C(=O)O. The smallest absolute Gasteiger partial charge is 0.320 e. The third kappa shape index (κ3) is 2.11. The third-order valence-electron chi connectivity index (χ3n) is 3.28. The molecular weight excluding hydrogens is 206 g/mol. The highest BCUT2D eigenvalue weighted by molar-refractivity contribution is 5.73. The Kier molecular flexibility index (Phi) is 3.29. The summed E-state index contributed by atoms with van der Waals surface area (Å²) >= 11 is 0. The third-order valence-corrected chi connectivity index (χ3v) is 3.28. The molecule has 16 heavy (non-hydrogen) atoms. The second kappa shape index (κ2) is 4.70. The molecule has 2 rings (SSSR count). The van der Waals surface area contributed by atoms with Crippen LogP contribution in [0.2, 0.25) is 0 Å². The Morgan fingerprint density at radius 3 is 3.06 bits per heavy atom. The number of hydrogen-bond donors (Lipinski definition) is 1. The molecule has 1 N–H and O–H groups in total. The maximum atomic E-state index is 11.2. The highest BCUT2D eigenvalue weighted by atomic mass is 16.4. The minimum atomic E-state index is -0.724. The van der Waals surface area contributed by atoms with Crippen molar-refractivity contribution in [3.63, 3.8) is 0 Å². The average Bonchev–Trinajstić information content (AvgIpc) is 2.81. The number of hydrogen-bond acceptors (Lipinski definition) is 3. The molecule has 2 atom stereocenters. The van der Waals surface area contributed by atoms with E-state index in [0.717, 1.165) is 31.6 Å². The first-order valence-electron chi connectivity index (χ1n) is 5.72. The van der Waals surface area contributed by atoms with Crippen molar-refractivity contribution in [1.82, 2.24) is 4.90 Å². The van der Waals surface area contributed by atoms with Crippen LogP contribution in [0.5, 0.6) is 0 Å². The molecule has 1 aromatic rings. The zero-order valence-corrected chi connectivity index (χ0v) is 9.43. The molecule has 0 amide bonds. The van der Waals surface area contributed by atoms with Gasteiger partial charge in [0.05, 0.1) is 12.3 Å². The first kappa shape index (κ1) is 11.2. The molecule has 0 radical (unpaired) electrons. The topological polar surface area (TPSA) is 53.7 Å². The molecule has 4 heteroatoms. The van der Waals surface area contributed by atoms with Gasteiger partial charge < -0.3 is 9.52 Å². The van der Waals surface area contributed by atoms with Crippen LogP contribution in [0.15, 0.2) is 22.8 Å². The van der Waals surface area contributed by atoms with E-state index in [4.69, 9.17) is 4.42 Å². The van der Waals surface area contributed by atoms with Crippen LogP contribution in [0.25, 0.3) is 0 Å². The van der Waals surface area contributed by atoms with E-state index in [-0.39, 0.29) is 12.1 Å². The molecule has 1 aromatic heterocycles. The fraction of sp³-hybridized carbons (Fsp3) is 0.583. The van der Waals surface area contributed by atoms with Crippen LogP contribution in [0, 0.1) is 0 Å². The zero-order valence-electron chi connectivity index (χ0n) is 9.43. The van der Waals surface area contributed by atoms with E-state index >= 15 is 0 Å². The number of carboxylic acid groups (broad SMARTS) is 1. The summed E-state index contributed by atoms with van der Waals surface area (Å²) in [6.07, 6.45) is 4.43. The summed E-state index contributed by atoms with van der Waals surface area (Å²) in [6, 6.07) is 3.41. The molecule has 0 aromatic carbocycles. The molecule has 1 aliphatic heterocycles. The van der Waals surface area contributed by atoms with Crippen molar-refractivity contribution in [3.05, 3.63) is 24.2 Å². The molecule has 0 unspecified atom stereocenters. The van der Waals surface area contributed by atoms with Crippen LogP contribution in [0.1, 0.15) is 38.0 Å². The van der Waals surface area contributed by atoms with Crippen molar-refractivity contribution in [2.45, 2.75) is 38.3 Å². The fourth-order valence-corrected chi connectivity index (χ4v) is 2.38. The minimum absolute atomic E-state index is 0.0383. The molecule has 0 bridgehead atoms. The number of piperidine rings is 1. The molecule has 0 aliphatic carbocycles. The monoisotopic (exact) mass is 223 g/mol.